The van der Waals surface area contributed by atoms with E-state index in [0.717, 1.165) is 0 Å². The summed E-state index contributed by atoms with van der Waals surface area (Å²) >= 11 is 1.44. The number of carbonyl (C=O) groups is 2. The van der Waals surface area contributed by atoms with E-state index < -0.39 is 23.9 Å². The van der Waals surface area contributed by atoms with Crippen LogP contribution in [-0.2, 0) is 4.79 Å². The van der Waals surface area contributed by atoms with E-state index in [0.29, 0.717) is 22.6 Å². The predicted octanol–water partition coefficient (Wildman–Crippen LogP) is 3.85. The highest BCUT2D eigenvalue weighted by Gasteiger charge is 2.31. The predicted molar refractivity (Wildman–Crippen MR) is 112 cm³/mol. The molecule has 2 heterocycles. The standard InChI is InChI=1S/C21H17FN4O2S/c1-26-17-9-5-3-7-15(17)18(14-6-2-4-8-16(14)22)24-19(20(26)27)25-21(28)23-13-10-11-29-12-13/h2-12,19H,1H3,(H2,23,25,28). The molecule has 1 aliphatic heterocycles. The summed E-state index contributed by atoms with van der Waals surface area (Å²) < 4.78 is 14.6. The number of hydrogen-bond acceptors (Lipinski definition) is 4. The van der Waals surface area contributed by atoms with Gasteiger partial charge in [-0.05, 0) is 29.6 Å². The van der Waals surface area contributed by atoms with Crippen molar-refractivity contribution in [3.8, 4) is 0 Å². The van der Waals surface area contributed by atoms with E-state index in [9.17, 15) is 14.0 Å². The lowest BCUT2D eigenvalue weighted by Gasteiger charge is -2.20. The molecule has 0 radical (unpaired) electrons. The van der Waals surface area contributed by atoms with Crippen LogP contribution in [0.2, 0.25) is 0 Å². The van der Waals surface area contributed by atoms with Crippen LogP contribution in [0, 0.1) is 5.82 Å². The van der Waals surface area contributed by atoms with Crippen molar-refractivity contribution in [3.63, 3.8) is 0 Å². The third-order valence-electron chi connectivity index (χ3n) is 4.52. The Morgan fingerprint density at radius 3 is 2.55 bits per heavy atom. The lowest BCUT2D eigenvalue weighted by Crippen LogP contribution is -2.47. The summed E-state index contributed by atoms with van der Waals surface area (Å²) in [5.41, 5.74) is 2.37. The first kappa shape index (κ1) is 18.8. The van der Waals surface area contributed by atoms with Crippen molar-refractivity contribution in [2.75, 3.05) is 17.3 Å². The molecule has 29 heavy (non-hydrogen) atoms. The van der Waals surface area contributed by atoms with E-state index in [2.05, 4.69) is 15.6 Å². The molecular weight excluding hydrogens is 391 g/mol. The molecule has 2 aromatic carbocycles. The second-order valence-corrected chi connectivity index (χ2v) is 7.17. The van der Waals surface area contributed by atoms with Gasteiger partial charge in [0.15, 0.2) is 0 Å². The van der Waals surface area contributed by atoms with E-state index >= 15 is 0 Å². The van der Waals surface area contributed by atoms with Gasteiger partial charge in [0.05, 0.1) is 17.1 Å². The number of anilines is 2. The molecular formula is C21H17FN4O2S. The third kappa shape index (κ3) is 3.74. The zero-order valence-electron chi connectivity index (χ0n) is 15.4. The van der Waals surface area contributed by atoms with Crippen molar-refractivity contribution in [2.45, 2.75) is 6.17 Å². The van der Waals surface area contributed by atoms with Gasteiger partial charge in [-0.3, -0.25) is 4.79 Å². The van der Waals surface area contributed by atoms with Crippen molar-refractivity contribution in [3.05, 3.63) is 82.3 Å². The third-order valence-corrected chi connectivity index (χ3v) is 5.20. The number of carbonyl (C=O) groups excluding carboxylic acids is 2. The molecule has 3 amide bonds. The molecule has 0 bridgehead atoms. The first-order valence-electron chi connectivity index (χ1n) is 8.84. The molecule has 0 spiro atoms. The number of fused-ring (bicyclic) bond motifs is 1. The van der Waals surface area contributed by atoms with Crippen LogP contribution in [0.15, 0.2) is 70.3 Å². The van der Waals surface area contributed by atoms with E-state index in [4.69, 9.17) is 0 Å². The van der Waals surface area contributed by atoms with Crippen molar-refractivity contribution < 1.29 is 14.0 Å². The average Bonchev–Trinajstić information content (AvgIpc) is 3.20. The first-order valence-corrected chi connectivity index (χ1v) is 9.78. The first-order chi connectivity index (χ1) is 14.0. The molecule has 4 rings (SSSR count). The minimum atomic E-state index is -1.21. The monoisotopic (exact) mass is 408 g/mol. The van der Waals surface area contributed by atoms with Crippen molar-refractivity contribution in [1.29, 1.82) is 0 Å². The highest BCUT2D eigenvalue weighted by molar-refractivity contribution is 7.08. The Kier molecular flexibility index (Phi) is 5.09. The second kappa shape index (κ2) is 7.84. The zero-order chi connectivity index (χ0) is 20.4. The van der Waals surface area contributed by atoms with Gasteiger partial charge < -0.3 is 15.5 Å². The van der Waals surface area contributed by atoms with Gasteiger partial charge in [-0.2, -0.15) is 11.3 Å². The molecule has 8 heteroatoms. The number of nitrogens with one attached hydrogen (secondary N) is 2. The summed E-state index contributed by atoms with van der Waals surface area (Å²) in [6.45, 7) is 0. The van der Waals surface area contributed by atoms with Crippen LogP contribution in [0.3, 0.4) is 0 Å². The molecule has 2 N–H and O–H groups in total. The van der Waals surface area contributed by atoms with Gasteiger partial charge in [0.1, 0.15) is 5.82 Å². The Morgan fingerprint density at radius 1 is 1.10 bits per heavy atom. The molecule has 6 nitrogen and oxygen atoms in total. The molecule has 3 aromatic rings. The maximum absolute atomic E-state index is 14.6. The highest BCUT2D eigenvalue weighted by atomic mass is 32.1. The van der Waals surface area contributed by atoms with E-state index in [-0.39, 0.29) is 5.56 Å². The Labute approximate surface area is 170 Å². The van der Waals surface area contributed by atoms with Crippen molar-refractivity contribution >= 4 is 40.4 Å². The van der Waals surface area contributed by atoms with Gasteiger partial charge in [-0.15, -0.1) is 0 Å². The molecule has 0 aliphatic carbocycles. The van der Waals surface area contributed by atoms with E-state index in [1.54, 1.807) is 61.0 Å². The summed E-state index contributed by atoms with van der Waals surface area (Å²) in [4.78, 5) is 31.3. The maximum atomic E-state index is 14.6. The number of halogens is 1. The van der Waals surface area contributed by atoms with Gasteiger partial charge in [0.25, 0.3) is 5.91 Å². The summed E-state index contributed by atoms with van der Waals surface area (Å²) in [7, 11) is 1.60. The number of benzene rings is 2. The number of thiophene rings is 1. The fourth-order valence-electron chi connectivity index (χ4n) is 3.11. The highest BCUT2D eigenvalue weighted by Crippen LogP contribution is 2.28. The van der Waals surface area contributed by atoms with Crippen molar-refractivity contribution in [2.24, 2.45) is 4.99 Å². The smallest absolute Gasteiger partial charge is 0.311 e. The lowest BCUT2D eigenvalue weighted by molar-refractivity contribution is -0.119. The molecule has 1 atom stereocenters. The summed E-state index contributed by atoms with van der Waals surface area (Å²) in [5, 5.41) is 8.84. The molecule has 146 valence electrons. The Bertz CT molecular complexity index is 1100. The second-order valence-electron chi connectivity index (χ2n) is 6.38. The topological polar surface area (TPSA) is 73.8 Å². The summed E-state index contributed by atoms with van der Waals surface area (Å²) in [5.74, 6) is -0.885. The molecule has 1 aromatic heterocycles. The van der Waals surface area contributed by atoms with Crippen molar-refractivity contribution in [1.82, 2.24) is 5.32 Å². The number of urea groups is 1. The number of benzodiazepines with no additional fused rings is 1. The Balaban J connectivity index is 1.76. The van der Waals surface area contributed by atoms with Crippen LogP contribution >= 0.6 is 11.3 Å². The molecule has 1 aliphatic rings. The van der Waals surface area contributed by atoms with E-state index in [1.165, 1.54) is 22.3 Å². The molecule has 0 fully saturated rings. The minimum Gasteiger partial charge on any atom is -0.311 e. The van der Waals surface area contributed by atoms with Gasteiger partial charge >= 0.3 is 6.03 Å². The van der Waals surface area contributed by atoms with Gasteiger partial charge in [0.2, 0.25) is 6.17 Å². The van der Waals surface area contributed by atoms with Crippen LogP contribution in [0.25, 0.3) is 0 Å². The van der Waals surface area contributed by atoms with Crippen LogP contribution < -0.4 is 15.5 Å². The Hall–Kier alpha value is -3.52. The van der Waals surface area contributed by atoms with Crippen LogP contribution in [0.1, 0.15) is 11.1 Å². The maximum Gasteiger partial charge on any atom is 0.321 e. The number of amides is 3. The van der Waals surface area contributed by atoms with Crippen LogP contribution in [0.5, 0.6) is 0 Å². The molecule has 0 saturated carbocycles. The normalized spacial score (nSPS) is 15.9. The lowest BCUT2D eigenvalue weighted by atomic mass is 10.00. The SMILES string of the molecule is CN1C(=O)C(NC(=O)Nc2ccsc2)N=C(c2ccccc2F)c2ccccc21. The van der Waals surface area contributed by atoms with Gasteiger partial charge in [0, 0.05) is 23.6 Å². The Morgan fingerprint density at radius 2 is 1.83 bits per heavy atom. The fraction of sp³-hybridized carbons (Fsp3) is 0.0952. The fourth-order valence-corrected chi connectivity index (χ4v) is 3.70. The quantitative estimate of drug-likeness (QED) is 0.691. The number of nitrogens with zero attached hydrogens (tertiary/aromatic N) is 2. The average molecular weight is 408 g/mol. The van der Waals surface area contributed by atoms with Crippen LogP contribution in [-0.4, -0.2) is 30.9 Å². The van der Waals surface area contributed by atoms with Gasteiger partial charge in [-0.1, -0.05) is 30.3 Å². The number of para-hydroxylation sites is 1. The van der Waals surface area contributed by atoms with E-state index in [1.807, 2.05) is 5.38 Å². The van der Waals surface area contributed by atoms with Gasteiger partial charge in [-0.25, -0.2) is 14.2 Å². The summed E-state index contributed by atoms with van der Waals surface area (Å²) in [6, 6.07) is 14.5. The number of likely N-dealkylation sites (N-methyl/N-ethyl adjacent to an activating group) is 1. The largest absolute Gasteiger partial charge is 0.321 e. The number of rotatable bonds is 3. The number of hydrogen-bond donors (Lipinski definition) is 2. The zero-order valence-corrected chi connectivity index (χ0v) is 16.2. The number of aliphatic imine (C=N–C) groups is 1. The summed E-state index contributed by atoms with van der Waals surface area (Å²) in [6.07, 6.45) is -1.21. The minimum absolute atomic E-state index is 0.257. The molecule has 0 saturated heterocycles. The molecule has 1 unspecified atom stereocenters. The van der Waals surface area contributed by atoms with Crippen LogP contribution in [0.4, 0.5) is 20.6 Å².